The molecule has 1 heterocycles. The van der Waals surface area contributed by atoms with E-state index in [1.807, 2.05) is 42.7 Å². The summed E-state index contributed by atoms with van der Waals surface area (Å²) >= 11 is 7.28. The number of halogens is 1. The number of hydrogen-bond acceptors (Lipinski definition) is 6. The molecule has 0 aliphatic rings. The van der Waals surface area contributed by atoms with Gasteiger partial charge in [0, 0.05) is 23.3 Å². The maximum atomic E-state index is 12.5. The first-order chi connectivity index (χ1) is 15.4. The molecular weight excluding hydrogens is 448 g/mol. The van der Waals surface area contributed by atoms with Gasteiger partial charge in [0.25, 0.3) is 0 Å². The SMILES string of the molecule is C=CCn1c(SCC(=O)Nc2ccc(Cl)cc2C)nnc1C(C)Oc1cccc(OC)c1. The van der Waals surface area contributed by atoms with E-state index < -0.39 is 0 Å². The van der Waals surface area contributed by atoms with Crippen LogP contribution in [0.1, 0.15) is 24.4 Å². The first-order valence-corrected chi connectivity index (χ1v) is 11.3. The van der Waals surface area contributed by atoms with Crippen molar-refractivity contribution in [2.45, 2.75) is 31.7 Å². The van der Waals surface area contributed by atoms with Crippen molar-refractivity contribution >= 4 is 35.0 Å². The van der Waals surface area contributed by atoms with Gasteiger partial charge in [-0.15, -0.1) is 16.8 Å². The van der Waals surface area contributed by atoms with Crippen LogP contribution in [-0.2, 0) is 11.3 Å². The topological polar surface area (TPSA) is 78.3 Å². The monoisotopic (exact) mass is 472 g/mol. The number of hydrogen-bond donors (Lipinski definition) is 1. The molecular formula is C23H25ClN4O3S. The van der Waals surface area contributed by atoms with E-state index in [-0.39, 0.29) is 17.8 Å². The van der Waals surface area contributed by atoms with E-state index >= 15 is 0 Å². The van der Waals surface area contributed by atoms with E-state index in [0.717, 1.165) is 11.3 Å². The van der Waals surface area contributed by atoms with E-state index in [9.17, 15) is 4.79 Å². The third-order valence-corrected chi connectivity index (χ3v) is 5.77. The highest BCUT2D eigenvalue weighted by Crippen LogP contribution is 2.27. The molecule has 0 radical (unpaired) electrons. The molecule has 0 saturated heterocycles. The molecule has 168 valence electrons. The van der Waals surface area contributed by atoms with Crippen molar-refractivity contribution in [1.82, 2.24) is 14.8 Å². The third kappa shape index (κ3) is 6.05. The Morgan fingerprint density at radius 1 is 1.28 bits per heavy atom. The Labute approximate surface area is 196 Å². The van der Waals surface area contributed by atoms with E-state index in [4.69, 9.17) is 21.1 Å². The second-order valence-electron chi connectivity index (χ2n) is 6.98. The van der Waals surface area contributed by atoms with Crippen molar-refractivity contribution in [2.75, 3.05) is 18.2 Å². The maximum Gasteiger partial charge on any atom is 0.234 e. The number of aromatic nitrogens is 3. The van der Waals surface area contributed by atoms with Crippen molar-refractivity contribution in [3.63, 3.8) is 0 Å². The van der Waals surface area contributed by atoms with Gasteiger partial charge in [-0.2, -0.15) is 0 Å². The number of allylic oxidation sites excluding steroid dienone is 1. The van der Waals surface area contributed by atoms with Crippen molar-refractivity contribution in [1.29, 1.82) is 0 Å². The van der Waals surface area contributed by atoms with Gasteiger partial charge in [0.15, 0.2) is 17.1 Å². The fourth-order valence-electron chi connectivity index (χ4n) is 3.02. The maximum absolute atomic E-state index is 12.5. The quantitative estimate of drug-likeness (QED) is 0.318. The van der Waals surface area contributed by atoms with E-state index in [1.165, 1.54) is 11.8 Å². The lowest BCUT2D eigenvalue weighted by Gasteiger charge is -2.16. The molecule has 0 aliphatic carbocycles. The van der Waals surface area contributed by atoms with Gasteiger partial charge in [-0.3, -0.25) is 9.36 Å². The van der Waals surface area contributed by atoms with Gasteiger partial charge >= 0.3 is 0 Å². The first-order valence-electron chi connectivity index (χ1n) is 9.94. The van der Waals surface area contributed by atoms with E-state index in [1.54, 1.807) is 31.4 Å². The Morgan fingerprint density at radius 3 is 2.78 bits per heavy atom. The minimum atomic E-state index is -0.366. The van der Waals surface area contributed by atoms with Crippen LogP contribution in [0.5, 0.6) is 11.5 Å². The van der Waals surface area contributed by atoms with Gasteiger partial charge in [-0.05, 0) is 49.7 Å². The van der Waals surface area contributed by atoms with Crippen LogP contribution in [0.3, 0.4) is 0 Å². The number of thioether (sulfide) groups is 1. The number of amides is 1. The second-order valence-corrected chi connectivity index (χ2v) is 8.35. The van der Waals surface area contributed by atoms with Gasteiger partial charge in [-0.25, -0.2) is 0 Å². The Kier molecular flexibility index (Phi) is 8.19. The minimum absolute atomic E-state index is 0.143. The molecule has 0 bridgehead atoms. The summed E-state index contributed by atoms with van der Waals surface area (Å²) in [5.41, 5.74) is 1.63. The van der Waals surface area contributed by atoms with Gasteiger partial charge in [0.2, 0.25) is 5.91 Å². The molecule has 3 aromatic rings. The molecule has 1 amide bonds. The standard InChI is InChI=1S/C23H25ClN4O3S/c1-5-11-28-22(16(3)31-19-8-6-7-18(13-19)30-4)26-27-23(28)32-14-21(29)25-20-10-9-17(24)12-15(20)2/h5-10,12-13,16H,1,11,14H2,2-4H3,(H,25,29). The van der Waals surface area contributed by atoms with Gasteiger partial charge in [0.05, 0.1) is 12.9 Å². The van der Waals surface area contributed by atoms with E-state index in [2.05, 4.69) is 22.1 Å². The minimum Gasteiger partial charge on any atom is -0.497 e. The van der Waals surface area contributed by atoms with Crippen LogP contribution in [0, 0.1) is 6.92 Å². The van der Waals surface area contributed by atoms with Crippen molar-refractivity contribution in [3.05, 3.63) is 71.5 Å². The summed E-state index contributed by atoms with van der Waals surface area (Å²) in [6, 6.07) is 12.7. The lowest BCUT2D eigenvalue weighted by atomic mass is 10.2. The molecule has 2 aromatic carbocycles. The number of methoxy groups -OCH3 is 1. The Bertz CT molecular complexity index is 1100. The lowest BCUT2D eigenvalue weighted by Crippen LogP contribution is -2.16. The highest BCUT2D eigenvalue weighted by molar-refractivity contribution is 7.99. The first kappa shape index (κ1) is 23.7. The zero-order valence-electron chi connectivity index (χ0n) is 18.2. The summed E-state index contributed by atoms with van der Waals surface area (Å²) in [5.74, 6) is 2.06. The molecule has 32 heavy (non-hydrogen) atoms. The van der Waals surface area contributed by atoms with Crippen LogP contribution in [0.15, 0.2) is 60.3 Å². The number of ether oxygens (including phenoxy) is 2. The fraction of sp³-hybridized carbons (Fsp3) is 0.261. The molecule has 1 N–H and O–H groups in total. The zero-order chi connectivity index (χ0) is 23.1. The van der Waals surface area contributed by atoms with Gasteiger partial charge in [0.1, 0.15) is 11.5 Å². The Hall–Kier alpha value is -2.97. The normalized spacial score (nSPS) is 11.6. The van der Waals surface area contributed by atoms with Crippen molar-refractivity contribution < 1.29 is 14.3 Å². The molecule has 1 atom stereocenters. The molecule has 0 saturated carbocycles. The molecule has 0 spiro atoms. The number of nitrogens with one attached hydrogen (secondary N) is 1. The number of nitrogens with zero attached hydrogens (tertiary/aromatic N) is 3. The van der Waals surface area contributed by atoms with Crippen LogP contribution in [0.2, 0.25) is 5.02 Å². The number of rotatable bonds is 10. The van der Waals surface area contributed by atoms with Crippen LogP contribution < -0.4 is 14.8 Å². The average Bonchev–Trinajstić information content (AvgIpc) is 3.17. The van der Waals surface area contributed by atoms with E-state index in [0.29, 0.717) is 34.0 Å². The highest BCUT2D eigenvalue weighted by atomic mass is 35.5. The number of aryl methyl sites for hydroxylation is 1. The smallest absolute Gasteiger partial charge is 0.234 e. The zero-order valence-corrected chi connectivity index (χ0v) is 19.7. The predicted molar refractivity (Wildman–Crippen MR) is 128 cm³/mol. The Morgan fingerprint density at radius 2 is 2.06 bits per heavy atom. The molecule has 0 aliphatic heterocycles. The number of benzene rings is 2. The summed E-state index contributed by atoms with van der Waals surface area (Å²) in [4.78, 5) is 12.5. The summed E-state index contributed by atoms with van der Waals surface area (Å²) in [5, 5.41) is 12.7. The van der Waals surface area contributed by atoms with Gasteiger partial charge in [-0.1, -0.05) is 35.5 Å². The number of carbonyl (C=O) groups excluding carboxylic acids is 1. The van der Waals surface area contributed by atoms with Crippen molar-refractivity contribution in [3.8, 4) is 11.5 Å². The molecule has 1 unspecified atom stereocenters. The summed E-state index contributed by atoms with van der Waals surface area (Å²) < 4.78 is 13.2. The van der Waals surface area contributed by atoms with Crippen LogP contribution in [0.4, 0.5) is 5.69 Å². The van der Waals surface area contributed by atoms with Gasteiger partial charge < -0.3 is 14.8 Å². The van der Waals surface area contributed by atoms with Crippen LogP contribution in [0.25, 0.3) is 0 Å². The highest BCUT2D eigenvalue weighted by Gasteiger charge is 2.20. The average molecular weight is 473 g/mol. The van der Waals surface area contributed by atoms with Crippen molar-refractivity contribution in [2.24, 2.45) is 0 Å². The Balaban J connectivity index is 1.68. The molecule has 9 heteroatoms. The number of anilines is 1. The summed E-state index contributed by atoms with van der Waals surface area (Å²) in [6.45, 7) is 8.10. The largest absolute Gasteiger partial charge is 0.497 e. The predicted octanol–water partition coefficient (Wildman–Crippen LogP) is 5.31. The molecule has 0 fully saturated rings. The lowest BCUT2D eigenvalue weighted by molar-refractivity contribution is -0.113. The fourth-order valence-corrected chi connectivity index (χ4v) is 4.00. The summed E-state index contributed by atoms with van der Waals surface area (Å²) in [7, 11) is 1.61. The summed E-state index contributed by atoms with van der Waals surface area (Å²) in [6.07, 6.45) is 1.39. The van der Waals surface area contributed by atoms with Crippen LogP contribution >= 0.6 is 23.4 Å². The molecule has 3 rings (SSSR count). The molecule has 1 aromatic heterocycles. The number of carbonyl (C=O) groups is 1. The van der Waals surface area contributed by atoms with Crippen LogP contribution in [-0.4, -0.2) is 33.5 Å². The second kappa shape index (κ2) is 11.1. The third-order valence-electron chi connectivity index (χ3n) is 4.57. The molecule has 7 nitrogen and oxygen atoms in total.